The first kappa shape index (κ1) is 12.7. The van der Waals surface area contributed by atoms with Gasteiger partial charge in [0.2, 0.25) is 0 Å². The van der Waals surface area contributed by atoms with Crippen LogP contribution >= 0.6 is 0 Å². The van der Waals surface area contributed by atoms with Crippen molar-refractivity contribution in [1.82, 2.24) is 9.78 Å². The lowest BCUT2D eigenvalue weighted by molar-refractivity contribution is 0.360. The third-order valence-electron chi connectivity index (χ3n) is 3.70. The van der Waals surface area contributed by atoms with Crippen LogP contribution in [-0.4, -0.2) is 22.9 Å². The number of nitrogens with zero attached hydrogens (tertiary/aromatic N) is 4. The lowest BCUT2D eigenvalue weighted by Crippen LogP contribution is -2.48. The fourth-order valence-corrected chi connectivity index (χ4v) is 2.71. The Morgan fingerprint density at radius 2 is 2.10 bits per heavy atom. The Balaban J connectivity index is 1.80. The maximum Gasteiger partial charge on any atom is 0.143 e. The maximum atomic E-state index is 13.6. The Hall–Kier alpha value is -2.35. The lowest BCUT2D eigenvalue weighted by atomic mass is 10.0. The molecule has 1 saturated heterocycles. The molecule has 0 saturated carbocycles. The first-order chi connectivity index (χ1) is 9.60. The number of anilines is 1. The molecule has 0 amide bonds. The van der Waals surface area contributed by atoms with E-state index in [1.807, 2.05) is 35.6 Å². The molecule has 1 fully saturated rings. The number of aromatic nitrogens is 2. The first-order valence-corrected chi connectivity index (χ1v) is 6.56. The molecule has 3 rings (SSSR count). The number of aryl methyl sites for hydroxylation is 2. The van der Waals surface area contributed by atoms with Crippen molar-refractivity contribution in [3.05, 3.63) is 47.0 Å². The van der Waals surface area contributed by atoms with Gasteiger partial charge in [-0.25, -0.2) is 4.39 Å². The van der Waals surface area contributed by atoms with E-state index in [1.54, 1.807) is 12.1 Å². The van der Waals surface area contributed by atoms with Gasteiger partial charge >= 0.3 is 0 Å². The molecule has 0 aliphatic carbocycles. The topological polar surface area (TPSA) is 44.9 Å². The van der Waals surface area contributed by atoms with Gasteiger partial charge in [-0.15, -0.1) is 0 Å². The van der Waals surface area contributed by atoms with Gasteiger partial charge in [-0.3, -0.25) is 4.68 Å². The Morgan fingerprint density at radius 3 is 2.70 bits per heavy atom. The molecule has 0 atom stereocenters. The average Bonchev–Trinajstić information content (AvgIpc) is 2.67. The Labute approximate surface area is 117 Å². The number of hydrogen-bond acceptors (Lipinski definition) is 3. The van der Waals surface area contributed by atoms with Crippen molar-refractivity contribution in [3.63, 3.8) is 0 Å². The number of halogens is 1. The maximum absolute atomic E-state index is 13.6. The minimum absolute atomic E-state index is 0.124. The molecule has 1 aliphatic rings. The summed E-state index contributed by atoms with van der Waals surface area (Å²) in [5.41, 5.74) is 2.93. The van der Waals surface area contributed by atoms with E-state index < -0.39 is 5.82 Å². The fourth-order valence-electron chi connectivity index (χ4n) is 2.71. The molecule has 1 aromatic carbocycles. The molecule has 20 heavy (non-hydrogen) atoms. The molecular weight excluding hydrogens is 255 g/mol. The zero-order chi connectivity index (χ0) is 14.3. The SMILES string of the molecule is Cc1cc(C)n(C2CN(c3cccc(F)c3C#N)C2)n1. The molecule has 2 heterocycles. The van der Waals surface area contributed by atoms with Crippen molar-refractivity contribution in [2.75, 3.05) is 18.0 Å². The molecule has 0 spiro atoms. The first-order valence-electron chi connectivity index (χ1n) is 6.56. The second-order valence-corrected chi connectivity index (χ2v) is 5.18. The van der Waals surface area contributed by atoms with Crippen LogP contribution in [0.5, 0.6) is 0 Å². The molecule has 0 radical (unpaired) electrons. The summed E-state index contributed by atoms with van der Waals surface area (Å²) in [5.74, 6) is -0.459. The van der Waals surface area contributed by atoms with E-state index in [0.29, 0.717) is 11.7 Å². The van der Waals surface area contributed by atoms with Gasteiger partial charge in [-0.05, 0) is 32.0 Å². The standard InChI is InChI=1S/C15H15FN4/c1-10-6-11(2)20(18-10)12-8-19(9-12)15-5-3-4-14(16)13(15)7-17/h3-6,12H,8-9H2,1-2H3. The largest absolute Gasteiger partial charge is 0.366 e. The summed E-state index contributed by atoms with van der Waals surface area (Å²) < 4.78 is 15.6. The molecule has 4 nitrogen and oxygen atoms in total. The van der Waals surface area contributed by atoms with E-state index in [-0.39, 0.29) is 5.56 Å². The average molecular weight is 270 g/mol. The van der Waals surface area contributed by atoms with E-state index in [2.05, 4.69) is 5.10 Å². The van der Waals surface area contributed by atoms with E-state index in [0.717, 1.165) is 24.5 Å². The number of hydrogen-bond donors (Lipinski definition) is 0. The third kappa shape index (κ3) is 1.94. The second kappa shape index (κ2) is 4.64. The molecule has 0 unspecified atom stereocenters. The normalized spacial score (nSPS) is 15.0. The highest BCUT2D eigenvalue weighted by molar-refractivity contribution is 5.61. The van der Waals surface area contributed by atoms with Gasteiger partial charge in [0.05, 0.1) is 17.4 Å². The number of benzene rings is 1. The molecule has 1 aliphatic heterocycles. The van der Waals surface area contributed by atoms with E-state index in [9.17, 15) is 4.39 Å². The van der Waals surface area contributed by atoms with Gasteiger partial charge < -0.3 is 4.90 Å². The summed E-state index contributed by atoms with van der Waals surface area (Å²) in [6.07, 6.45) is 0. The molecule has 0 bridgehead atoms. The quantitative estimate of drug-likeness (QED) is 0.842. The molecular formula is C15H15FN4. The molecule has 2 aromatic rings. The Bertz CT molecular complexity index is 692. The van der Waals surface area contributed by atoms with Crippen molar-refractivity contribution in [3.8, 4) is 6.07 Å². The van der Waals surface area contributed by atoms with Crippen LogP contribution in [-0.2, 0) is 0 Å². The highest BCUT2D eigenvalue weighted by Crippen LogP contribution is 2.31. The van der Waals surface area contributed by atoms with Gasteiger partial charge in [0.15, 0.2) is 0 Å². The van der Waals surface area contributed by atoms with Crippen LogP contribution < -0.4 is 4.90 Å². The zero-order valence-corrected chi connectivity index (χ0v) is 11.5. The summed E-state index contributed by atoms with van der Waals surface area (Å²) in [7, 11) is 0. The molecule has 1 aromatic heterocycles. The van der Waals surface area contributed by atoms with Crippen molar-refractivity contribution in [2.24, 2.45) is 0 Å². The second-order valence-electron chi connectivity index (χ2n) is 5.18. The lowest BCUT2D eigenvalue weighted by Gasteiger charge is -2.41. The van der Waals surface area contributed by atoms with Gasteiger partial charge in [-0.1, -0.05) is 6.07 Å². The minimum Gasteiger partial charge on any atom is -0.366 e. The summed E-state index contributed by atoms with van der Waals surface area (Å²) in [6.45, 7) is 5.51. The van der Waals surface area contributed by atoms with Crippen molar-refractivity contribution >= 4 is 5.69 Å². The smallest absolute Gasteiger partial charge is 0.143 e. The van der Waals surface area contributed by atoms with Crippen LogP contribution in [0.15, 0.2) is 24.3 Å². The van der Waals surface area contributed by atoms with Gasteiger partial charge in [0.1, 0.15) is 17.4 Å². The highest BCUT2D eigenvalue weighted by atomic mass is 19.1. The van der Waals surface area contributed by atoms with Crippen LogP contribution in [0.4, 0.5) is 10.1 Å². The molecule has 0 N–H and O–H groups in total. The van der Waals surface area contributed by atoms with Gasteiger partial charge in [0, 0.05) is 18.8 Å². The van der Waals surface area contributed by atoms with Crippen LogP contribution in [0, 0.1) is 31.0 Å². The molecule has 102 valence electrons. The summed E-state index contributed by atoms with van der Waals surface area (Å²) in [6, 6.07) is 9.03. The van der Waals surface area contributed by atoms with Crippen LogP contribution in [0.1, 0.15) is 23.0 Å². The number of nitriles is 1. The van der Waals surface area contributed by atoms with Crippen LogP contribution in [0.25, 0.3) is 0 Å². The van der Waals surface area contributed by atoms with E-state index >= 15 is 0 Å². The van der Waals surface area contributed by atoms with Crippen molar-refractivity contribution in [2.45, 2.75) is 19.9 Å². The summed E-state index contributed by atoms with van der Waals surface area (Å²) >= 11 is 0. The van der Waals surface area contributed by atoms with Gasteiger partial charge in [0.25, 0.3) is 0 Å². The minimum atomic E-state index is -0.459. The Kier molecular flexibility index (Phi) is 2.94. The predicted molar refractivity (Wildman–Crippen MR) is 74.1 cm³/mol. The highest BCUT2D eigenvalue weighted by Gasteiger charge is 2.31. The summed E-state index contributed by atoms with van der Waals surface area (Å²) in [4.78, 5) is 2.02. The van der Waals surface area contributed by atoms with E-state index in [1.165, 1.54) is 6.07 Å². The third-order valence-corrected chi connectivity index (χ3v) is 3.70. The van der Waals surface area contributed by atoms with Crippen LogP contribution in [0.3, 0.4) is 0 Å². The number of rotatable bonds is 2. The monoisotopic (exact) mass is 270 g/mol. The zero-order valence-electron chi connectivity index (χ0n) is 11.5. The van der Waals surface area contributed by atoms with Gasteiger partial charge in [-0.2, -0.15) is 10.4 Å². The van der Waals surface area contributed by atoms with E-state index in [4.69, 9.17) is 5.26 Å². The fraction of sp³-hybridized carbons (Fsp3) is 0.333. The Morgan fingerprint density at radius 1 is 1.35 bits per heavy atom. The predicted octanol–water partition coefficient (Wildman–Crippen LogP) is 2.57. The van der Waals surface area contributed by atoms with Crippen LogP contribution in [0.2, 0.25) is 0 Å². The molecule has 5 heteroatoms. The van der Waals surface area contributed by atoms with Crippen molar-refractivity contribution in [1.29, 1.82) is 5.26 Å². The summed E-state index contributed by atoms with van der Waals surface area (Å²) in [5, 5.41) is 13.5. The van der Waals surface area contributed by atoms with Crippen molar-refractivity contribution < 1.29 is 4.39 Å².